The zero-order valence-corrected chi connectivity index (χ0v) is 33.6. The van der Waals surface area contributed by atoms with Gasteiger partial charge in [-0.3, -0.25) is 0 Å². The molecule has 0 aliphatic rings. The zero-order valence-electron chi connectivity index (χ0n) is 33.6. The summed E-state index contributed by atoms with van der Waals surface area (Å²) in [7, 11) is 0. The third-order valence-corrected chi connectivity index (χ3v) is 12.0. The summed E-state index contributed by atoms with van der Waals surface area (Å²) in [6.45, 7) is 0. The lowest BCUT2D eigenvalue weighted by Crippen LogP contribution is -2.03. The second-order valence-electron chi connectivity index (χ2n) is 15.6. The molecule has 0 unspecified atom stereocenters. The molecule has 0 N–H and O–H groups in total. The standard InChI is InChI=1S/C57H37N5/c1-4-18-38(19-5-1)41-24-16-25-42(36-41)43-26-17-27-44(37-43)61-49-31-13-10-28-45(49)46-34-35-52-53(54(46)61)47-29-11-14-32-50(47)62(52)51-33-15-12-30-48(51)57-59-55(39-20-6-2-7-21-39)58-56(60-57)40-22-8-3-9-23-40/h1-37H. The Morgan fingerprint density at radius 1 is 0.290 bits per heavy atom. The van der Waals surface area contributed by atoms with Gasteiger partial charge >= 0.3 is 0 Å². The van der Waals surface area contributed by atoms with E-state index in [-0.39, 0.29) is 0 Å². The summed E-state index contributed by atoms with van der Waals surface area (Å²) in [6, 6.07) is 79.3. The highest BCUT2D eigenvalue weighted by atomic mass is 15.1. The van der Waals surface area contributed by atoms with E-state index in [0.717, 1.165) is 50.2 Å². The van der Waals surface area contributed by atoms with Gasteiger partial charge in [-0.1, -0.05) is 176 Å². The first-order chi connectivity index (χ1) is 30.8. The molecule has 3 heterocycles. The van der Waals surface area contributed by atoms with Crippen LogP contribution in [0, 0.1) is 0 Å². The van der Waals surface area contributed by atoms with Gasteiger partial charge in [-0.25, -0.2) is 15.0 Å². The zero-order chi connectivity index (χ0) is 41.0. The number of benzene rings is 9. The Morgan fingerprint density at radius 3 is 1.48 bits per heavy atom. The van der Waals surface area contributed by atoms with E-state index in [4.69, 9.17) is 15.0 Å². The predicted molar refractivity (Wildman–Crippen MR) is 256 cm³/mol. The van der Waals surface area contributed by atoms with E-state index in [1.54, 1.807) is 0 Å². The van der Waals surface area contributed by atoms with Crippen LogP contribution >= 0.6 is 0 Å². The van der Waals surface area contributed by atoms with Crippen LogP contribution in [0.2, 0.25) is 0 Å². The van der Waals surface area contributed by atoms with E-state index in [0.29, 0.717) is 17.5 Å². The Morgan fingerprint density at radius 2 is 0.790 bits per heavy atom. The molecule has 0 atom stereocenters. The van der Waals surface area contributed by atoms with Crippen LogP contribution in [-0.4, -0.2) is 24.1 Å². The quantitative estimate of drug-likeness (QED) is 0.162. The van der Waals surface area contributed by atoms with Gasteiger partial charge in [-0.05, 0) is 70.8 Å². The van der Waals surface area contributed by atoms with Crippen LogP contribution in [0.25, 0.3) is 111 Å². The summed E-state index contributed by atoms with van der Waals surface area (Å²) in [5.74, 6) is 1.88. The Labute approximate surface area is 358 Å². The summed E-state index contributed by atoms with van der Waals surface area (Å²) >= 11 is 0. The summed E-state index contributed by atoms with van der Waals surface area (Å²) in [5, 5.41) is 4.78. The van der Waals surface area contributed by atoms with Crippen molar-refractivity contribution in [2.45, 2.75) is 0 Å². The molecule has 0 saturated carbocycles. The molecule has 9 aromatic carbocycles. The number of nitrogens with zero attached hydrogens (tertiary/aromatic N) is 5. The van der Waals surface area contributed by atoms with E-state index < -0.39 is 0 Å². The van der Waals surface area contributed by atoms with Crippen LogP contribution < -0.4 is 0 Å². The molecule has 290 valence electrons. The number of aromatic nitrogens is 5. The lowest BCUT2D eigenvalue weighted by molar-refractivity contribution is 1.06. The monoisotopic (exact) mass is 791 g/mol. The molecule has 0 spiro atoms. The molecule has 0 aliphatic heterocycles. The second-order valence-corrected chi connectivity index (χ2v) is 15.6. The fourth-order valence-electron chi connectivity index (χ4n) is 9.16. The van der Waals surface area contributed by atoms with E-state index in [9.17, 15) is 0 Å². The molecular weight excluding hydrogens is 755 g/mol. The minimum atomic E-state index is 0.613. The van der Waals surface area contributed by atoms with Crippen molar-refractivity contribution in [2.24, 2.45) is 0 Å². The number of hydrogen-bond donors (Lipinski definition) is 0. The number of hydrogen-bond acceptors (Lipinski definition) is 3. The summed E-state index contributed by atoms with van der Waals surface area (Å²) in [5.41, 5.74) is 14.2. The fraction of sp³-hybridized carbons (Fsp3) is 0. The van der Waals surface area contributed by atoms with E-state index in [2.05, 4.69) is 197 Å². The number of para-hydroxylation sites is 3. The van der Waals surface area contributed by atoms with Gasteiger partial charge in [-0.15, -0.1) is 0 Å². The average molecular weight is 792 g/mol. The van der Waals surface area contributed by atoms with Gasteiger partial charge in [0.2, 0.25) is 0 Å². The molecule has 0 aliphatic carbocycles. The molecule has 12 rings (SSSR count). The van der Waals surface area contributed by atoms with Crippen LogP contribution in [0.1, 0.15) is 0 Å². The maximum Gasteiger partial charge on any atom is 0.166 e. The molecule has 0 saturated heterocycles. The van der Waals surface area contributed by atoms with Gasteiger partial charge in [0, 0.05) is 43.9 Å². The molecule has 62 heavy (non-hydrogen) atoms. The summed E-state index contributed by atoms with van der Waals surface area (Å²) in [6.07, 6.45) is 0. The molecule has 3 aromatic heterocycles. The summed E-state index contributed by atoms with van der Waals surface area (Å²) < 4.78 is 4.85. The predicted octanol–water partition coefficient (Wildman–Crippen LogP) is 14.4. The highest BCUT2D eigenvalue weighted by Crippen LogP contribution is 2.43. The van der Waals surface area contributed by atoms with Crippen molar-refractivity contribution >= 4 is 43.6 Å². The van der Waals surface area contributed by atoms with Crippen molar-refractivity contribution in [3.63, 3.8) is 0 Å². The van der Waals surface area contributed by atoms with Crippen LogP contribution in [-0.2, 0) is 0 Å². The first kappa shape index (κ1) is 35.5. The van der Waals surface area contributed by atoms with Crippen molar-refractivity contribution in [3.8, 4) is 67.8 Å². The topological polar surface area (TPSA) is 48.5 Å². The molecule has 5 nitrogen and oxygen atoms in total. The van der Waals surface area contributed by atoms with Gasteiger partial charge in [0.05, 0.1) is 27.8 Å². The van der Waals surface area contributed by atoms with Gasteiger partial charge in [-0.2, -0.15) is 0 Å². The highest BCUT2D eigenvalue weighted by Gasteiger charge is 2.23. The van der Waals surface area contributed by atoms with Crippen LogP contribution in [0.3, 0.4) is 0 Å². The normalized spacial score (nSPS) is 11.5. The van der Waals surface area contributed by atoms with Gasteiger partial charge in [0.25, 0.3) is 0 Å². The molecule has 12 aromatic rings. The third kappa shape index (κ3) is 5.90. The van der Waals surface area contributed by atoms with Crippen molar-refractivity contribution in [2.75, 3.05) is 0 Å². The van der Waals surface area contributed by atoms with E-state index >= 15 is 0 Å². The molecule has 0 bridgehead atoms. The second kappa shape index (κ2) is 14.7. The molecule has 0 radical (unpaired) electrons. The molecule has 0 amide bonds. The fourth-order valence-corrected chi connectivity index (χ4v) is 9.16. The first-order valence-corrected chi connectivity index (χ1v) is 21.0. The van der Waals surface area contributed by atoms with Crippen molar-refractivity contribution < 1.29 is 0 Å². The first-order valence-electron chi connectivity index (χ1n) is 21.0. The van der Waals surface area contributed by atoms with Crippen LogP contribution in [0.4, 0.5) is 0 Å². The maximum atomic E-state index is 5.18. The van der Waals surface area contributed by atoms with Crippen molar-refractivity contribution in [1.29, 1.82) is 0 Å². The van der Waals surface area contributed by atoms with Crippen LogP contribution in [0.5, 0.6) is 0 Å². The Kier molecular flexibility index (Phi) is 8.42. The Hall–Kier alpha value is -8.41. The Balaban J connectivity index is 1.10. The highest BCUT2D eigenvalue weighted by molar-refractivity contribution is 6.26. The largest absolute Gasteiger partial charge is 0.309 e. The van der Waals surface area contributed by atoms with Gasteiger partial charge < -0.3 is 9.13 Å². The van der Waals surface area contributed by atoms with Crippen LogP contribution in [0.15, 0.2) is 224 Å². The minimum absolute atomic E-state index is 0.613. The number of fused-ring (bicyclic) bond motifs is 7. The molecular formula is C57H37N5. The van der Waals surface area contributed by atoms with E-state index in [1.807, 2.05) is 36.4 Å². The third-order valence-electron chi connectivity index (χ3n) is 12.0. The minimum Gasteiger partial charge on any atom is -0.309 e. The summed E-state index contributed by atoms with van der Waals surface area (Å²) in [4.78, 5) is 15.4. The van der Waals surface area contributed by atoms with Gasteiger partial charge in [0.1, 0.15) is 0 Å². The van der Waals surface area contributed by atoms with Crippen molar-refractivity contribution in [1.82, 2.24) is 24.1 Å². The molecule has 0 fully saturated rings. The Bertz CT molecular complexity index is 3570. The van der Waals surface area contributed by atoms with Crippen molar-refractivity contribution in [3.05, 3.63) is 224 Å². The van der Waals surface area contributed by atoms with E-state index in [1.165, 1.54) is 43.8 Å². The lowest BCUT2D eigenvalue weighted by Gasteiger charge is -2.15. The molecule has 5 heteroatoms. The maximum absolute atomic E-state index is 5.18. The average Bonchev–Trinajstić information content (AvgIpc) is 3.88. The number of rotatable bonds is 7. The SMILES string of the molecule is c1ccc(-c2cccc(-c3cccc(-n4c5ccccc5c5ccc6c(c7ccccc7n6-c6ccccc6-c6nc(-c7ccccc7)nc(-c7ccccc7)n6)c54)c3)c2)cc1. The smallest absolute Gasteiger partial charge is 0.166 e. The lowest BCUT2D eigenvalue weighted by atomic mass is 9.99. The van der Waals surface area contributed by atoms with Gasteiger partial charge in [0.15, 0.2) is 17.5 Å².